The smallest absolute Gasteiger partial charge is 0.316 e. The SMILES string of the molecule is Cc1ccc(NC(=O)Cc2nc(COC(=O)C3(c4ccc(Cl)cc4)CCC3)cs2)cc1. The van der Waals surface area contributed by atoms with Crippen LogP contribution in [-0.4, -0.2) is 16.9 Å². The highest BCUT2D eigenvalue weighted by Gasteiger charge is 2.47. The summed E-state index contributed by atoms with van der Waals surface area (Å²) in [4.78, 5) is 29.6. The zero-order chi connectivity index (χ0) is 21.8. The van der Waals surface area contributed by atoms with Crippen LogP contribution in [0.4, 0.5) is 5.69 Å². The molecule has 1 N–H and O–H groups in total. The maximum atomic E-state index is 12.9. The van der Waals surface area contributed by atoms with E-state index in [1.807, 2.05) is 48.7 Å². The van der Waals surface area contributed by atoms with Crippen molar-refractivity contribution in [3.63, 3.8) is 0 Å². The van der Waals surface area contributed by atoms with E-state index in [0.717, 1.165) is 36.1 Å². The average Bonchev–Trinajstić information content (AvgIpc) is 3.16. The van der Waals surface area contributed by atoms with Crippen LogP contribution in [0.15, 0.2) is 53.9 Å². The van der Waals surface area contributed by atoms with Crippen LogP contribution in [0.5, 0.6) is 0 Å². The number of hydrogen-bond donors (Lipinski definition) is 1. The summed E-state index contributed by atoms with van der Waals surface area (Å²) < 4.78 is 5.62. The van der Waals surface area contributed by atoms with Crippen LogP contribution in [0.1, 0.15) is 41.1 Å². The Morgan fingerprint density at radius 2 is 1.84 bits per heavy atom. The lowest BCUT2D eigenvalue weighted by Gasteiger charge is -2.39. The van der Waals surface area contributed by atoms with Crippen molar-refractivity contribution in [1.29, 1.82) is 0 Å². The minimum absolute atomic E-state index is 0.101. The second-order valence-corrected chi connectivity index (χ2v) is 9.22. The molecule has 1 aliphatic carbocycles. The van der Waals surface area contributed by atoms with Gasteiger partial charge in [0.1, 0.15) is 11.6 Å². The van der Waals surface area contributed by atoms with E-state index in [9.17, 15) is 9.59 Å². The van der Waals surface area contributed by atoms with Crippen LogP contribution in [0.2, 0.25) is 5.02 Å². The molecule has 0 bridgehead atoms. The molecule has 160 valence electrons. The molecule has 0 aliphatic heterocycles. The van der Waals surface area contributed by atoms with E-state index < -0.39 is 5.41 Å². The zero-order valence-electron chi connectivity index (χ0n) is 17.2. The highest BCUT2D eigenvalue weighted by Crippen LogP contribution is 2.45. The summed E-state index contributed by atoms with van der Waals surface area (Å²) >= 11 is 7.37. The summed E-state index contributed by atoms with van der Waals surface area (Å²) in [5, 5.41) is 6.03. The number of hydrogen-bond acceptors (Lipinski definition) is 5. The Morgan fingerprint density at radius 1 is 1.13 bits per heavy atom. The van der Waals surface area contributed by atoms with E-state index in [0.29, 0.717) is 15.7 Å². The molecule has 3 aromatic rings. The van der Waals surface area contributed by atoms with Gasteiger partial charge < -0.3 is 10.1 Å². The number of anilines is 1. The number of thiazole rings is 1. The van der Waals surface area contributed by atoms with Crippen molar-refractivity contribution < 1.29 is 14.3 Å². The van der Waals surface area contributed by atoms with Crippen LogP contribution in [-0.2, 0) is 32.8 Å². The molecule has 0 unspecified atom stereocenters. The van der Waals surface area contributed by atoms with Crippen LogP contribution in [0.3, 0.4) is 0 Å². The number of ether oxygens (including phenoxy) is 1. The number of rotatable bonds is 7. The molecule has 1 heterocycles. The molecule has 1 saturated carbocycles. The lowest BCUT2D eigenvalue weighted by Crippen LogP contribution is -2.43. The van der Waals surface area contributed by atoms with Crippen molar-refractivity contribution in [2.45, 2.75) is 44.6 Å². The molecular formula is C24H23ClN2O3S. The minimum Gasteiger partial charge on any atom is -0.458 e. The number of aromatic nitrogens is 1. The molecule has 2 aromatic carbocycles. The average molecular weight is 455 g/mol. The normalized spacial score (nSPS) is 14.5. The van der Waals surface area contributed by atoms with Gasteiger partial charge in [-0.15, -0.1) is 11.3 Å². The second kappa shape index (κ2) is 9.20. The third-order valence-electron chi connectivity index (χ3n) is 5.59. The first-order valence-corrected chi connectivity index (χ1v) is 11.4. The van der Waals surface area contributed by atoms with Gasteiger partial charge in [-0.25, -0.2) is 4.98 Å². The molecule has 1 aliphatic rings. The molecule has 4 rings (SSSR count). The monoisotopic (exact) mass is 454 g/mol. The lowest BCUT2D eigenvalue weighted by atomic mass is 9.64. The van der Waals surface area contributed by atoms with Crippen LogP contribution in [0, 0.1) is 6.92 Å². The van der Waals surface area contributed by atoms with E-state index in [1.54, 1.807) is 12.1 Å². The Bertz CT molecular complexity index is 1070. The predicted octanol–water partition coefficient (Wildman–Crippen LogP) is 5.45. The summed E-state index contributed by atoms with van der Waals surface area (Å²) in [6, 6.07) is 15.0. The van der Waals surface area contributed by atoms with Gasteiger partial charge in [0.2, 0.25) is 5.91 Å². The Morgan fingerprint density at radius 3 is 2.48 bits per heavy atom. The van der Waals surface area contributed by atoms with Gasteiger partial charge >= 0.3 is 5.97 Å². The summed E-state index contributed by atoms with van der Waals surface area (Å²) in [5.74, 6) is -0.356. The van der Waals surface area contributed by atoms with E-state index in [2.05, 4.69) is 10.3 Å². The van der Waals surface area contributed by atoms with Crippen LogP contribution < -0.4 is 5.32 Å². The Kier molecular flexibility index (Phi) is 6.39. The number of halogens is 1. The minimum atomic E-state index is -0.586. The third kappa shape index (κ3) is 4.97. The van der Waals surface area contributed by atoms with Gasteiger partial charge in [-0.3, -0.25) is 9.59 Å². The molecule has 0 saturated heterocycles. The predicted molar refractivity (Wildman–Crippen MR) is 122 cm³/mol. The van der Waals surface area contributed by atoms with Gasteiger partial charge in [-0.05, 0) is 49.6 Å². The topological polar surface area (TPSA) is 68.3 Å². The second-order valence-electron chi connectivity index (χ2n) is 7.84. The van der Waals surface area contributed by atoms with Gasteiger partial charge in [-0.1, -0.05) is 47.9 Å². The summed E-state index contributed by atoms with van der Waals surface area (Å²) in [6.07, 6.45) is 2.72. The van der Waals surface area contributed by atoms with Crippen molar-refractivity contribution in [3.8, 4) is 0 Å². The van der Waals surface area contributed by atoms with Crippen molar-refractivity contribution in [3.05, 3.63) is 80.8 Å². The first-order chi connectivity index (χ1) is 14.9. The Balaban J connectivity index is 1.32. The fourth-order valence-corrected chi connectivity index (χ4v) is 4.57. The number of benzene rings is 2. The molecule has 5 nitrogen and oxygen atoms in total. The van der Waals surface area contributed by atoms with Crippen LogP contribution in [0.25, 0.3) is 0 Å². The van der Waals surface area contributed by atoms with Crippen molar-refractivity contribution in [1.82, 2.24) is 4.98 Å². The fourth-order valence-electron chi connectivity index (χ4n) is 3.66. The van der Waals surface area contributed by atoms with Gasteiger partial charge in [0.05, 0.1) is 17.5 Å². The number of amides is 1. The molecule has 0 radical (unpaired) electrons. The molecule has 7 heteroatoms. The van der Waals surface area contributed by atoms with Crippen molar-refractivity contribution in [2.24, 2.45) is 0 Å². The largest absolute Gasteiger partial charge is 0.458 e. The number of nitrogens with zero attached hydrogens (tertiary/aromatic N) is 1. The zero-order valence-corrected chi connectivity index (χ0v) is 18.8. The number of esters is 1. The van der Waals surface area contributed by atoms with Gasteiger partial charge in [-0.2, -0.15) is 0 Å². The fraction of sp³-hybridized carbons (Fsp3) is 0.292. The molecule has 0 atom stereocenters. The Labute approximate surface area is 190 Å². The van der Waals surface area contributed by atoms with E-state index in [1.165, 1.54) is 11.3 Å². The lowest BCUT2D eigenvalue weighted by molar-refractivity contribution is -0.156. The number of nitrogens with one attached hydrogen (secondary N) is 1. The number of aryl methyl sites for hydroxylation is 1. The van der Waals surface area contributed by atoms with E-state index in [4.69, 9.17) is 16.3 Å². The maximum absolute atomic E-state index is 12.9. The molecular weight excluding hydrogens is 432 g/mol. The molecule has 31 heavy (non-hydrogen) atoms. The summed E-state index contributed by atoms with van der Waals surface area (Å²) in [5.41, 5.74) is 2.91. The summed E-state index contributed by atoms with van der Waals surface area (Å²) in [7, 11) is 0. The van der Waals surface area contributed by atoms with Gasteiger partial charge in [0.15, 0.2) is 0 Å². The quantitative estimate of drug-likeness (QED) is 0.482. The standard InChI is InChI=1S/C24H23ClN2O3S/c1-16-3-9-19(10-4-16)26-21(28)13-22-27-20(15-31-22)14-30-23(29)24(11-2-12-24)17-5-7-18(25)8-6-17/h3-10,15H,2,11-14H2,1H3,(H,26,28). The van der Waals surface area contributed by atoms with Crippen LogP contribution >= 0.6 is 22.9 Å². The maximum Gasteiger partial charge on any atom is 0.316 e. The third-order valence-corrected chi connectivity index (χ3v) is 6.74. The first-order valence-electron chi connectivity index (χ1n) is 10.2. The highest BCUT2D eigenvalue weighted by atomic mass is 35.5. The van der Waals surface area contributed by atoms with E-state index in [-0.39, 0.29) is 24.9 Å². The number of carbonyl (C=O) groups excluding carboxylic acids is 2. The summed E-state index contributed by atoms with van der Waals surface area (Å²) in [6.45, 7) is 2.10. The molecule has 1 aromatic heterocycles. The van der Waals surface area contributed by atoms with Gasteiger partial charge in [0.25, 0.3) is 0 Å². The molecule has 1 fully saturated rings. The Hall–Kier alpha value is -2.70. The molecule has 0 spiro atoms. The van der Waals surface area contributed by atoms with Gasteiger partial charge in [0, 0.05) is 16.1 Å². The van der Waals surface area contributed by atoms with Crippen molar-refractivity contribution in [2.75, 3.05) is 5.32 Å². The van der Waals surface area contributed by atoms with Crippen molar-refractivity contribution >= 4 is 40.5 Å². The number of carbonyl (C=O) groups is 2. The molecule has 1 amide bonds. The van der Waals surface area contributed by atoms with E-state index >= 15 is 0 Å². The first kappa shape index (κ1) is 21.5. The highest BCUT2D eigenvalue weighted by molar-refractivity contribution is 7.09.